The maximum absolute atomic E-state index is 12.6. The fourth-order valence-corrected chi connectivity index (χ4v) is 4.12. The first-order chi connectivity index (χ1) is 14.3. The highest BCUT2D eigenvalue weighted by atomic mass is 16.5. The molecule has 1 amide bonds. The Hall–Kier alpha value is -1.70. The molecule has 1 fully saturated rings. The molecule has 1 aromatic rings. The molecular weight excluding hydrogens is 378 g/mol. The van der Waals surface area contributed by atoms with Crippen LogP contribution < -0.4 is 21.7 Å². The van der Waals surface area contributed by atoms with Crippen molar-refractivity contribution in [3.8, 4) is 0 Å². The third-order valence-electron chi connectivity index (χ3n) is 6.04. The fourth-order valence-electron chi connectivity index (χ4n) is 4.12. The second kappa shape index (κ2) is 12.2. The maximum Gasteiger partial charge on any atom is 0.256 e. The highest BCUT2D eigenvalue weighted by Crippen LogP contribution is 2.20. The minimum atomic E-state index is -0.424. The van der Waals surface area contributed by atoms with E-state index in [2.05, 4.69) is 27.9 Å². The number of carbonyl (C=O) groups excluding carboxylic acids is 1. The molecule has 0 saturated heterocycles. The van der Waals surface area contributed by atoms with E-state index in [1.165, 1.54) is 38.5 Å². The van der Waals surface area contributed by atoms with Crippen LogP contribution in [0.1, 0.15) is 80.4 Å². The van der Waals surface area contributed by atoms with Gasteiger partial charge in [-0.2, -0.15) is 0 Å². The topological polar surface area (TPSA) is 101 Å². The van der Waals surface area contributed by atoms with Crippen molar-refractivity contribution in [3.63, 3.8) is 0 Å². The smallest absolute Gasteiger partial charge is 0.256 e. The van der Waals surface area contributed by atoms with Gasteiger partial charge in [0, 0.05) is 31.4 Å². The van der Waals surface area contributed by atoms with Crippen LogP contribution in [0.3, 0.4) is 0 Å². The minimum absolute atomic E-state index is 0.0222. The van der Waals surface area contributed by atoms with Gasteiger partial charge < -0.3 is 26.4 Å². The van der Waals surface area contributed by atoms with E-state index in [4.69, 9.17) is 10.5 Å². The number of rotatable bonds is 10. The second-order valence-corrected chi connectivity index (χ2v) is 8.57. The van der Waals surface area contributed by atoms with Crippen LogP contribution in [0.25, 0.3) is 0 Å². The summed E-state index contributed by atoms with van der Waals surface area (Å²) in [5, 5.41) is 9.97. The summed E-state index contributed by atoms with van der Waals surface area (Å²) in [5.41, 5.74) is 8.13. The van der Waals surface area contributed by atoms with E-state index in [1.807, 2.05) is 19.9 Å². The predicted molar refractivity (Wildman–Crippen MR) is 123 cm³/mol. The molecule has 0 aromatic carbocycles. The van der Waals surface area contributed by atoms with E-state index < -0.39 is 6.17 Å². The largest absolute Gasteiger partial charge is 0.378 e. The first-order valence-corrected chi connectivity index (χ1v) is 11.4. The van der Waals surface area contributed by atoms with Gasteiger partial charge in [-0.15, -0.1) is 0 Å². The van der Waals surface area contributed by atoms with Gasteiger partial charge in [0.2, 0.25) is 0 Å². The van der Waals surface area contributed by atoms with Crippen molar-refractivity contribution in [2.75, 3.05) is 19.0 Å². The maximum atomic E-state index is 12.6. The van der Waals surface area contributed by atoms with Gasteiger partial charge in [0.15, 0.2) is 0 Å². The Morgan fingerprint density at radius 1 is 1.27 bits per heavy atom. The monoisotopic (exact) mass is 419 g/mol. The van der Waals surface area contributed by atoms with E-state index in [0.29, 0.717) is 24.0 Å². The van der Waals surface area contributed by atoms with Crippen molar-refractivity contribution < 1.29 is 9.53 Å². The lowest BCUT2D eigenvalue weighted by molar-refractivity contribution is 0.0712. The Bertz CT molecular complexity index is 672. The Kier molecular flexibility index (Phi) is 10.0. The SMILES string of the molecule is CCC(NC1CCCCCC1)C(CNc1nc(C)c(C)cc1C(=O)NC(C)N)OC. The molecule has 3 unspecified atom stereocenters. The number of carbonyl (C=O) groups is 1. The van der Waals surface area contributed by atoms with Gasteiger partial charge >= 0.3 is 0 Å². The molecule has 170 valence electrons. The zero-order chi connectivity index (χ0) is 22.1. The number of hydrogen-bond acceptors (Lipinski definition) is 6. The molecule has 1 aliphatic rings. The van der Waals surface area contributed by atoms with Gasteiger partial charge in [-0.25, -0.2) is 4.98 Å². The number of ether oxygens (including phenoxy) is 1. The lowest BCUT2D eigenvalue weighted by Gasteiger charge is -2.30. The molecule has 2 rings (SSSR count). The lowest BCUT2D eigenvalue weighted by atomic mass is 10.0. The molecule has 5 N–H and O–H groups in total. The molecule has 1 aromatic heterocycles. The third-order valence-corrected chi connectivity index (χ3v) is 6.04. The van der Waals surface area contributed by atoms with Crippen LogP contribution >= 0.6 is 0 Å². The van der Waals surface area contributed by atoms with Gasteiger partial charge in [0.1, 0.15) is 5.82 Å². The summed E-state index contributed by atoms with van der Waals surface area (Å²) in [7, 11) is 1.75. The van der Waals surface area contributed by atoms with E-state index >= 15 is 0 Å². The van der Waals surface area contributed by atoms with Crippen molar-refractivity contribution >= 4 is 11.7 Å². The summed E-state index contributed by atoms with van der Waals surface area (Å²) in [5.74, 6) is 0.350. The average Bonchev–Trinajstić information content (AvgIpc) is 2.97. The Labute approximate surface area is 181 Å². The number of nitrogens with one attached hydrogen (secondary N) is 3. The van der Waals surface area contributed by atoms with E-state index in [-0.39, 0.29) is 18.1 Å². The molecule has 7 nitrogen and oxygen atoms in total. The van der Waals surface area contributed by atoms with Gasteiger partial charge in [0.25, 0.3) is 5.91 Å². The Balaban J connectivity index is 2.10. The number of amides is 1. The zero-order valence-electron chi connectivity index (χ0n) is 19.4. The first-order valence-electron chi connectivity index (χ1n) is 11.4. The molecule has 1 heterocycles. The number of methoxy groups -OCH3 is 1. The van der Waals surface area contributed by atoms with Crippen molar-refractivity contribution in [1.82, 2.24) is 15.6 Å². The molecule has 7 heteroatoms. The first kappa shape index (κ1) is 24.6. The summed E-state index contributed by atoms with van der Waals surface area (Å²) in [6, 6.07) is 2.67. The van der Waals surface area contributed by atoms with Crippen LogP contribution in [0.2, 0.25) is 0 Å². The number of hydrogen-bond donors (Lipinski definition) is 4. The van der Waals surface area contributed by atoms with Crippen molar-refractivity contribution in [2.45, 2.75) is 97.0 Å². The van der Waals surface area contributed by atoms with Crippen LogP contribution in [0.4, 0.5) is 5.82 Å². The van der Waals surface area contributed by atoms with E-state index in [0.717, 1.165) is 17.7 Å². The minimum Gasteiger partial charge on any atom is -0.378 e. The zero-order valence-corrected chi connectivity index (χ0v) is 19.4. The van der Waals surface area contributed by atoms with Crippen molar-refractivity contribution in [1.29, 1.82) is 0 Å². The molecule has 1 saturated carbocycles. The summed E-state index contributed by atoms with van der Waals surface area (Å²) in [4.78, 5) is 17.3. The van der Waals surface area contributed by atoms with Crippen LogP contribution in [-0.2, 0) is 4.74 Å². The van der Waals surface area contributed by atoms with Crippen LogP contribution in [0.15, 0.2) is 6.07 Å². The molecule has 0 spiro atoms. The molecule has 30 heavy (non-hydrogen) atoms. The number of nitrogens with zero attached hydrogens (tertiary/aromatic N) is 1. The molecule has 3 atom stereocenters. The predicted octanol–water partition coefficient (Wildman–Crippen LogP) is 3.25. The molecule has 0 aliphatic heterocycles. The van der Waals surface area contributed by atoms with Gasteiger partial charge in [-0.1, -0.05) is 32.6 Å². The number of aromatic nitrogens is 1. The molecule has 0 radical (unpaired) electrons. The lowest BCUT2D eigenvalue weighted by Crippen LogP contribution is -2.48. The van der Waals surface area contributed by atoms with Crippen LogP contribution in [-0.4, -0.2) is 48.9 Å². The second-order valence-electron chi connectivity index (χ2n) is 8.57. The number of nitrogens with two attached hydrogens (primary N) is 1. The van der Waals surface area contributed by atoms with Crippen molar-refractivity contribution in [3.05, 3.63) is 22.9 Å². The fraction of sp³-hybridized carbons (Fsp3) is 0.739. The number of pyridine rings is 1. The van der Waals surface area contributed by atoms with Gasteiger partial charge in [-0.05, 0) is 51.7 Å². The molecule has 1 aliphatic carbocycles. The van der Waals surface area contributed by atoms with E-state index in [9.17, 15) is 4.79 Å². The Morgan fingerprint density at radius 2 is 1.93 bits per heavy atom. The number of aryl methyl sites for hydroxylation is 2. The average molecular weight is 420 g/mol. The highest BCUT2D eigenvalue weighted by molar-refractivity contribution is 5.99. The summed E-state index contributed by atoms with van der Waals surface area (Å²) < 4.78 is 5.84. The van der Waals surface area contributed by atoms with Crippen molar-refractivity contribution in [2.24, 2.45) is 5.73 Å². The summed E-state index contributed by atoms with van der Waals surface area (Å²) in [6.07, 6.45) is 8.29. The summed E-state index contributed by atoms with van der Waals surface area (Å²) in [6.45, 7) is 8.41. The third kappa shape index (κ3) is 7.22. The number of anilines is 1. The molecule has 0 bridgehead atoms. The normalized spacial score (nSPS) is 18.3. The van der Waals surface area contributed by atoms with E-state index in [1.54, 1.807) is 14.0 Å². The van der Waals surface area contributed by atoms with Gasteiger partial charge in [-0.3, -0.25) is 4.79 Å². The van der Waals surface area contributed by atoms with Gasteiger partial charge in [0.05, 0.1) is 17.8 Å². The molecular formula is C23H41N5O2. The van der Waals surface area contributed by atoms with Crippen LogP contribution in [0, 0.1) is 13.8 Å². The standard InChI is InChI=1S/C23H41N5O2/c1-6-20(28-18-11-9-7-8-10-12-18)21(30-5)14-25-22-19(23(29)27-17(4)24)13-15(2)16(3)26-22/h13,17-18,20-21,28H,6-12,14,24H2,1-5H3,(H,25,26)(H,27,29). The van der Waals surface area contributed by atoms with Crippen LogP contribution in [0.5, 0.6) is 0 Å². The highest BCUT2D eigenvalue weighted by Gasteiger charge is 2.24. The Morgan fingerprint density at radius 3 is 2.50 bits per heavy atom. The summed E-state index contributed by atoms with van der Waals surface area (Å²) >= 11 is 0. The quantitative estimate of drug-likeness (QED) is 0.343.